The number of imide groups is 1. The molecule has 0 spiro atoms. The van der Waals surface area contributed by atoms with Gasteiger partial charge in [0.1, 0.15) is 6.54 Å². The van der Waals surface area contributed by atoms with Gasteiger partial charge in [0.05, 0.1) is 26.2 Å². The van der Waals surface area contributed by atoms with E-state index in [1.165, 1.54) is 14.2 Å². The molecule has 1 aromatic rings. The van der Waals surface area contributed by atoms with E-state index in [-0.39, 0.29) is 4.91 Å². The highest BCUT2D eigenvalue weighted by atomic mass is 32.2. The maximum Gasteiger partial charge on any atom is 0.325 e. The van der Waals surface area contributed by atoms with Crippen LogP contribution in [0.5, 0.6) is 11.5 Å². The summed E-state index contributed by atoms with van der Waals surface area (Å²) < 4.78 is 15.2. The van der Waals surface area contributed by atoms with Crippen LogP contribution in [0.4, 0.5) is 4.79 Å². The highest BCUT2D eigenvalue weighted by Crippen LogP contribution is 2.36. The van der Waals surface area contributed by atoms with Crippen LogP contribution in [-0.4, -0.2) is 49.9 Å². The predicted octanol–water partition coefficient (Wildman–Crippen LogP) is 2.64. The quantitative estimate of drug-likeness (QED) is 0.410. The zero-order chi connectivity index (χ0) is 19.3. The lowest BCUT2D eigenvalue weighted by Gasteiger charge is -2.13. The van der Waals surface area contributed by atoms with Crippen LogP contribution in [-0.2, 0) is 20.7 Å². The van der Waals surface area contributed by atoms with Crippen LogP contribution in [0.15, 0.2) is 29.7 Å². The summed E-state index contributed by atoms with van der Waals surface area (Å²) in [6.07, 6.45) is 3.85. The molecule has 0 aliphatic carbocycles. The van der Waals surface area contributed by atoms with Gasteiger partial charge in [0, 0.05) is 5.56 Å². The van der Waals surface area contributed by atoms with Crippen LogP contribution in [0.1, 0.15) is 11.1 Å². The normalized spacial score (nSPS) is 15.3. The van der Waals surface area contributed by atoms with Gasteiger partial charge in [-0.3, -0.25) is 19.3 Å². The number of ether oxygens (including phenoxy) is 3. The van der Waals surface area contributed by atoms with E-state index in [0.717, 1.165) is 22.2 Å². The summed E-state index contributed by atoms with van der Waals surface area (Å²) >= 11 is 0.770. The van der Waals surface area contributed by atoms with Crippen molar-refractivity contribution in [3.63, 3.8) is 0 Å². The summed E-state index contributed by atoms with van der Waals surface area (Å²) in [7, 11) is 4.26. The SMILES string of the molecule is C=CCc1cc(/C=C2\SC(=O)N(CC(=O)OC)C2=O)cc(OC)c1OC. The van der Waals surface area contributed by atoms with Crippen LogP contribution in [0.2, 0.25) is 0 Å². The average molecular weight is 377 g/mol. The van der Waals surface area contributed by atoms with Crippen molar-refractivity contribution in [2.45, 2.75) is 6.42 Å². The highest BCUT2D eigenvalue weighted by molar-refractivity contribution is 8.18. The monoisotopic (exact) mass is 377 g/mol. The minimum absolute atomic E-state index is 0.218. The van der Waals surface area contributed by atoms with Gasteiger partial charge in [-0.25, -0.2) is 0 Å². The van der Waals surface area contributed by atoms with Gasteiger partial charge in [-0.05, 0) is 42.0 Å². The lowest BCUT2D eigenvalue weighted by molar-refractivity contribution is -0.143. The van der Waals surface area contributed by atoms with Gasteiger partial charge < -0.3 is 14.2 Å². The van der Waals surface area contributed by atoms with Crippen LogP contribution in [0, 0.1) is 0 Å². The van der Waals surface area contributed by atoms with E-state index < -0.39 is 23.7 Å². The molecule has 138 valence electrons. The van der Waals surface area contributed by atoms with Crippen molar-refractivity contribution in [2.75, 3.05) is 27.9 Å². The Hall–Kier alpha value is -2.74. The second-order valence-electron chi connectivity index (χ2n) is 5.25. The number of hydrogen-bond donors (Lipinski definition) is 0. The number of allylic oxidation sites excluding steroid dienone is 1. The summed E-state index contributed by atoms with van der Waals surface area (Å²) in [5.74, 6) is -0.103. The minimum Gasteiger partial charge on any atom is -0.493 e. The van der Waals surface area contributed by atoms with E-state index in [2.05, 4.69) is 11.3 Å². The van der Waals surface area contributed by atoms with Crippen LogP contribution < -0.4 is 9.47 Å². The number of benzene rings is 1. The van der Waals surface area contributed by atoms with Gasteiger partial charge in [0.2, 0.25) is 0 Å². The molecule has 0 saturated carbocycles. The summed E-state index contributed by atoms with van der Waals surface area (Å²) in [5.41, 5.74) is 1.50. The zero-order valence-corrected chi connectivity index (χ0v) is 15.6. The molecular weight excluding hydrogens is 358 g/mol. The van der Waals surface area contributed by atoms with Crippen molar-refractivity contribution in [1.29, 1.82) is 0 Å². The summed E-state index contributed by atoms with van der Waals surface area (Å²) in [6, 6.07) is 3.54. The van der Waals surface area contributed by atoms with Gasteiger partial charge in [-0.1, -0.05) is 6.08 Å². The van der Waals surface area contributed by atoms with Crippen LogP contribution in [0.25, 0.3) is 6.08 Å². The van der Waals surface area contributed by atoms with E-state index in [1.807, 2.05) is 6.07 Å². The number of nitrogens with zero attached hydrogens (tertiary/aromatic N) is 1. The maximum atomic E-state index is 12.4. The van der Waals surface area contributed by atoms with Crippen molar-refractivity contribution in [3.05, 3.63) is 40.8 Å². The fourth-order valence-corrected chi connectivity index (χ4v) is 3.28. The molecule has 1 aromatic carbocycles. The Labute approximate surface area is 155 Å². The highest BCUT2D eigenvalue weighted by Gasteiger charge is 2.36. The number of hydrogen-bond acceptors (Lipinski definition) is 7. The maximum absolute atomic E-state index is 12.4. The third-order valence-electron chi connectivity index (χ3n) is 3.63. The third kappa shape index (κ3) is 4.08. The predicted molar refractivity (Wildman–Crippen MR) is 98.1 cm³/mol. The summed E-state index contributed by atoms with van der Waals surface area (Å²) in [5, 5.41) is -0.515. The van der Waals surface area contributed by atoms with E-state index in [9.17, 15) is 14.4 Å². The minimum atomic E-state index is -0.659. The van der Waals surface area contributed by atoms with Crippen molar-refractivity contribution in [2.24, 2.45) is 0 Å². The largest absolute Gasteiger partial charge is 0.493 e. The Morgan fingerprint density at radius 2 is 1.96 bits per heavy atom. The number of esters is 1. The standard InChI is InChI=1S/C18H19NO6S/c1-5-6-12-7-11(8-13(23-2)16(12)25-4)9-14-17(21)19(18(22)26-14)10-15(20)24-3/h5,7-9H,1,6,10H2,2-4H3/b14-9-. The molecule has 0 unspecified atom stereocenters. The van der Waals surface area contributed by atoms with Gasteiger partial charge in [-0.2, -0.15) is 0 Å². The Bertz CT molecular complexity index is 786. The van der Waals surface area contributed by atoms with Gasteiger partial charge in [-0.15, -0.1) is 6.58 Å². The smallest absolute Gasteiger partial charge is 0.325 e. The number of amides is 2. The first-order valence-corrected chi connectivity index (χ1v) is 8.44. The topological polar surface area (TPSA) is 82.1 Å². The second kappa shape index (κ2) is 8.57. The summed E-state index contributed by atoms with van der Waals surface area (Å²) in [4.78, 5) is 36.8. The molecule has 0 atom stereocenters. The van der Waals surface area contributed by atoms with Gasteiger partial charge >= 0.3 is 5.97 Å². The molecule has 26 heavy (non-hydrogen) atoms. The Balaban J connectivity index is 2.38. The third-order valence-corrected chi connectivity index (χ3v) is 4.54. The number of carbonyl (C=O) groups excluding carboxylic acids is 3. The Morgan fingerprint density at radius 3 is 2.54 bits per heavy atom. The molecule has 2 amide bonds. The average Bonchev–Trinajstić information content (AvgIpc) is 2.88. The molecule has 0 N–H and O–H groups in total. The first kappa shape index (κ1) is 19.6. The molecular formula is C18H19NO6S. The van der Waals surface area contributed by atoms with Crippen molar-refractivity contribution >= 4 is 35.0 Å². The Morgan fingerprint density at radius 1 is 1.23 bits per heavy atom. The molecule has 8 heteroatoms. The molecule has 2 rings (SSSR count). The van der Waals surface area contributed by atoms with Gasteiger partial charge in [0.15, 0.2) is 11.5 Å². The molecule has 0 bridgehead atoms. The second-order valence-corrected chi connectivity index (χ2v) is 6.25. The Kier molecular flexibility index (Phi) is 6.46. The molecule has 1 fully saturated rings. The number of methoxy groups -OCH3 is 3. The lowest BCUT2D eigenvalue weighted by Crippen LogP contribution is -2.34. The zero-order valence-electron chi connectivity index (χ0n) is 14.7. The molecule has 1 saturated heterocycles. The molecule has 1 heterocycles. The van der Waals surface area contributed by atoms with Crippen molar-refractivity contribution in [3.8, 4) is 11.5 Å². The van der Waals surface area contributed by atoms with Crippen molar-refractivity contribution in [1.82, 2.24) is 4.90 Å². The van der Waals surface area contributed by atoms with Crippen LogP contribution in [0.3, 0.4) is 0 Å². The van der Waals surface area contributed by atoms with E-state index in [1.54, 1.807) is 25.3 Å². The van der Waals surface area contributed by atoms with Crippen molar-refractivity contribution < 1.29 is 28.6 Å². The molecule has 0 radical (unpaired) electrons. The first-order valence-electron chi connectivity index (χ1n) is 7.63. The number of carbonyl (C=O) groups is 3. The lowest BCUT2D eigenvalue weighted by atomic mass is 10.0. The molecule has 1 aliphatic heterocycles. The van der Waals surface area contributed by atoms with E-state index in [4.69, 9.17) is 9.47 Å². The fourth-order valence-electron chi connectivity index (χ4n) is 2.44. The summed E-state index contributed by atoms with van der Waals surface area (Å²) in [6.45, 7) is 3.31. The first-order chi connectivity index (χ1) is 12.4. The van der Waals surface area contributed by atoms with E-state index >= 15 is 0 Å². The van der Waals surface area contributed by atoms with Gasteiger partial charge in [0.25, 0.3) is 11.1 Å². The number of thioether (sulfide) groups is 1. The molecule has 1 aliphatic rings. The van der Waals surface area contributed by atoms with E-state index in [0.29, 0.717) is 23.5 Å². The fraction of sp³-hybridized carbons (Fsp3) is 0.278. The molecule has 7 nitrogen and oxygen atoms in total. The molecule has 0 aromatic heterocycles. The van der Waals surface area contributed by atoms with Crippen LogP contribution >= 0.6 is 11.8 Å². The number of rotatable bonds is 7.